The molecule has 0 spiro atoms. The maximum Gasteiger partial charge on any atom is 1.00 e. The molecular weight excluding hydrogens is 922 g/mol. The average molecular weight is 983 g/mol. The second-order valence-electron chi connectivity index (χ2n) is 14.6. The molecule has 0 bridgehead atoms. The first-order valence-corrected chi connectivity index (χ1v) is 24.7. The number of carbonyl (C=O) groups is 1. The third-order valence-corrected chi connectivity index (χ3v) is 12.9. The van der Waals surface area contributed by atoms with Crippen molar-refractivity contribution >= 4 is 38.9 Å². The van der Waals surface area contributed by atoms with Crippen LogP contribution in [0.4, 0.5) is 0 Å². The Morgan fingerprint density at radius 1 is 0.758 bits per heavy atom. The largest absolute Gasteiger partial charge is 1.00 e. The molecule has 2 aromatic rings. The van der Waals surface area contributed by atoms with Crippen LogP contribution in [-0.2, 0) is 53.0 Å². The molecule has 4 rings (SSSR count). The minimum atomic E-state index is -4.02. The van der Waals surface area contributed by atoms with Gasteiger partial charge in [0.05, 0.1) is 64.4 Å². The van der Waals surface area contributed by atoms with E-state index in [1.165, 1.54) is 0 Å². The Hall–Kier alpha value is -0.635. The molecule has 0 saturated carbocycles. The van der Waals surface area contributed by atoms with Gasteiger partial charge >= 0.3 is 95.1 Å². The molecule has 0 amide bonds. The fraction of sp³-hybridized carbons (Fsp3) is 0.545. The van der Waals surface area contributed by atoms with Crippen LogP contribution >= 0.6 is 15.2 Å². The SMILES string of the molecule is CCOP(=O)([O-])COCCOCCOCC#C[B-]1(C#CC[O+]CCOCCOCP(=O)([O-])OCC)n2c(C)c(CC)c(C)c2C(c2ccc(C(=O)[O-])cc2)=C2C(C)=C(CC)C(C)=[N+]21.[Na+].[Na+].[Na+]. The predicted octanol–water partition coefficient (Wildman–Crippen LogP) is -5.40. The van der Waals surface area contributed by atoms with Crippen molar-refractivity contribution < 1.29 is 159 Å². The molecule has 0 saturated heterocycles. The number of fused-ring (bicyclic) bond motifs is 2. The van der Waals surface area contributed by atoms with E-state index in [-0.39, 0.29) is 174 Å². The minimum absolute atomic E-state index is 0. The summed E-state index contributed by atoms with van der Waals surface area (Å²) < 4.78 is 70.5. The molecule has 2 unspecified atom stereocenters. The standard InChI is InChI=1S/C44H63BN2O14P2.3Na/c1-9-39-33(5)42-41(37-15-17-38(18-16-37)44(48)49)43-34(6)40(10-2)36(8)47(43)45(46(42)35(39)7,19-13-21-54-23-25-56-27-29-58-31-62(50,51)60-11-3)20-14-22-55-24-26-57-28-30-59-32-63(52,53)61-12-4;;;/h15-18H,9-12,21-32H2,1-8H3,(H,48,49)(H,50,51)(H,52,53);;;/q4*+1/p-3. The van der Waals surface area contributed by atoms with E-state index in [2.05, 4.69) is 83.0 Å². The molecule has 2 atom stereocenters. The van der Waals surface area contributed by atoms with Gasteiger partial charge in [0.1, 0.15) is 31.6 Å². The molecule has 2 aliphatic heterocycles. The zero-order chi connectivity index (χ0) is 46.2. The number of ether oxygens (including phenoxy) is 6. The molecule has 345 valence electrons. The Balaban J connectivity index is 0.00000726. The van der Waals surface area contributed by atoms with Gasteiger partial charge in [-0.15, -0.1) is 10.7 Å². The third kappa shape index (κ3) is 16.7. The summed E-state index contributed by atoms with van der Waals surface area (Å²) in [5, 5.41) is 11.8. The van der Waals surface area contributed by atoms with Crippen molar-refractivity contribution in [1.29, 1.82) is 0 Å². The van der Waals surface area contributed by atoms with Crippen LogP contribution in [0.1, 0.15) is 86.4 Å². The number of carboxylic acid groups (broad SMARTS) is 1. The van der Waals surface area contributed by atoms with Crippen LogP contribution in [0.3, 0.4) is 0 Å². The van der Waals surface area contributed by atoms with Gasteiger partial charge in [0.15, 0.2) is 20.9 Å². The van der Waals surface area contributed by atoms with Crippen molar-refractivity contribution in [1.82, 2.24) is 4.48 Å². The normalized spacial score (nSPS) is 16.9. The van der Waals surface area contributed by atoms with E-state index in [0.717, 1.165) is 69.0 Å². The van der Waals surface area contributed by atoms with Crippen molar-refractivity contribution in [3.63, 3.8) is 0 Å². The quantitative estimate of drug-likeness (QED) is 0.0284. The molecule has 1 aromatic heterocycles. The molecule has 22 heteroatoms. The fourth-order valence-corrected chi connectivity index (χ4v) is 9.73. The van der Waals surface area contributed by atoms with Crippen molar-refractivity contribution in [2.45, 2.75) is 68.2 Å². The number of carbonyl (C=O) groups excluding carboxylic acids is 1. The number of rotatable bonds is 26. The number of aromatic carboxylic acids is 1. The summed E-state index contributed by atoms with van der Waals surface area (Å²) in [6.45, 7) is 17.5. The number of hydrogen-bond donors (Lipinski definition) is 0. The molecule has 0 N–H and O–H groups in total. The Bertz CT molecular complexity index is 2200. The smallest absolute Gasteiger partial charge is 0.777 e. The van der Waals surface area contributed by atoms with E-state index in [4.69, 9.17) is 28.4 Å². The maximum atomic E-state index is 11.8. The summed E-state index contributed by atoms with van der Waals surface area (Å²) in [7, 11) is -8.04. The number of benzene rings is 1. The number of nitrogens with zero attached hydrogens (tertiary/aromatic N) is 2. The number of hydrogen-bond acceptors (Lipinski definition) is 14. The van der Waals surface area contributed by atoms with Crippen LogP contribution in [0.25, 0.3) is 5.57 Å². The van der Waals surface area contributed by atoms with Gasteiger partial charge < -0.3 is 70.5 Å². The summed E-state index contributed by atoms with van der Waals surface area (Å²) >= 11 is 0. The molecule has 0 fully saturated rings. The van der Waals surface area contributed by atoms with Crippen molar-refractivity contribution in [3.8, 4) is 23.5 Å². The van der Waals surface area contributed by atoms with Crippen molar-refractivity contribution in [3.05, 3.63) is 74.8 Å². The van der Waals surface area contributed by atoms with Crippen LogP contribution < -0.4 is 104 Å². The summed E-state index contributed by atoms with van der Waals surface area (Å²) in [4.78, 5) is 35.2. The molecule has 2 aliphatic rings. The van der Waals surface area contributed by atoms with E-state index in [9.17, 15) is 28.8 Å². The van der Waals surface area contributed by atoms with E-state index in [0.29, 0.717) is 0 Å². The van der Waals surface area contributed by atoms with E-state index in [1.807, 2.05) is 12.1 Å². The van der Waals surface area contributed by atoms with Crippen LogP contribution in [0, 0.1) is 37.3 Å². The first kappa shape index (κ1) is 63.4. The van der Waals surface area contributed by atoms with E-state index < -0.39 is 40.3 Å². The molecular formula is C44H60BN2Na3O14P2+. The number of carboxylic acids is 1. The van der Waals surface area contributed by atoms with Crippen LogP contribution in [-0.4, -0.2) is 119 Å². The predicted molar refractivity (Wildman–Crippen MR) is 234 cm³/mol. The summed E-state index contributed by atoms with van der Waals surface area (Å²) in [5.41, 5.74) is 10.2. The van der Waals surface area contributed by atoms with Crippen molar-refractivity contribution in [2.75, 3.05) is 92.0 Å². The average Bonchev–Trinajstić information content (AvgIpc) is 3.65. The van der Waals surface area contributed by atoms with Crippen LogP contribution in [0.5, 0.6) is 0 Å². The van der Waals surface area contributed by atoms with Gasteiger partial charge in [-0.3, -0.25) is 0 Å². The molecule has 3 heterocycles. The molecule has 66 heavy (non-hydrogen) atoms. The van der Waals surface area contributed by atoms with Crippen LogP contribution in [0.15, 0.2) is 41.1 Å². The van der Waals surface area contributed by atoms with E-state index >= 15 is 0 Å². The zero-order valence-electron chi connectivity index (χ0n) is 40.7. The monoisotopic (exact) mass is 982 g/mol. The molecule has 1 radical (unpaired) electrons. The molecule has 0 aliphatic carbocycles. The number of allylic oxidation sites excluding steroid dienone is 2. The molecule has 1 aromatic carbocycles. The second kappa shape index (κ2) is 31.0. The van der Waals surface area contributed by atoms with Gasteiger partial charge in [0, 0.05) is 23.8 Å². The Labute approximate surface area is 456 Å². The number of aromatic nitrogens is 1. The first-order chi connectivity index (χ1) is 30.1. The van der Waals surface area contributed by atoms with Gasteiger partial charge in [-0.25, -0.2) is 0 Å². The Kier molecular flexibility index (Phi) is 29.7. The maximum absolute atomic E-state index is 11.8. The molecule has 16 nitrogen and oxygen atoms in total. The Morgan fingerprint density at radius 2 is 1.29 bits per heavy atom. The van der Waals surface area contributed by atoms with Gasteiger partial charge in [-0.05, 0) is 81.3 Å². The van der Waals surface area contributed by atoms with Crippen LogP contribution in [0.2, 0.25) is 0 Å². The minimum Gasteiger partial charge on any atom is -0.777 e. The van der Waals surface area contributed by atoms with Gasteiger partial charge in [-0.1, -0.05) is 38.1 Å². The third-order valence-electron chi connectivity index (χ3n) is 10.6. The summed E-state index contributed by atoms with van der Waals surface area (Å²) in [6, 6.07) is 6.78. The van der Waals surface area contributed by atoms with Crippen molar-refractivity contribution in [2.24, 2.45) is 0 Å². The Morgan fingerprint density at radius 3 is 1.82 bits per heavy atom. The summed E-state index contributed by atoms with van der Waals surface area (Å²) in [6.07, 6.45) is -1.81. The first-order valence-electron chi connectivity index (χ1n) is 21.2. The topological polar surface area (TPSA) is 204 Å². The van der Waals surface area contributed by atoms with Gasteiger partial charge in [0.2, 0.25) is 6.61 Å². The van der Waals surface area contributed by atoms with Gasteiger partial charge in [-0.2, -0.15) is 11.6 Å². The van der Waals surface area contributed by atoms with E-state index in [1.54, 1.807) is 26.0 Å². The van der Waals surface area contributed by atoms with Gasteiger partial charge in [0.25, 0.3) is 6.61 Å². The fourth-order valence-electron chi connectivity index (χ4n) is 8.09. The second-order valence-corrected chi connectivity index (χ2v) is 18.1. The summed E-state index contributed by atoms with van der Waals surface area (Å²) in [5.74, 6) is 12.6. The zero-order valence-corrected chi connectivity index (χ0v) is 48.5.